The summed E-state index contributed by atoms with van der Waals surface area (Å²) in [7, 11) is 1.55. The number of benzene rings is 1. The summed E-state index contributed by atoms with van der Waals surface area (Å²) >= 11 is 0. The molecule has 20 heavy (non-hydrogen) atoms. The smallest absolute Gasteiger partial charge is 0.312 e. The molecule has 0 saturated heterocycles. The lowest BCUT2D eigenvalue weighted by molar-refractivity contribution is -0.137. The highest BCUT2D eigenvalue weighted by Gasteiger charge is 2.12. The van der Waals surface area contributed by atoms with Gasteiger partial charge < -0.3 is 21.1 Å². The Kier molecular flexibility index (Phi) is 5.52. The van der Waals surface area contributed by atoms with Gasteiger partial charge in [-0.1, -0.05) is 12.1 Å². The predicted octanol–water partition coefficient (Wildman–Crippen LogP) is 0.402. The Morgan fingerprint density at radius 3 is 2.35 bits per heavy atom. The Bertz CT molecular complexity index is 499. The molecule has 0 unspecified atom stereocenters. The Hall–Kier alpha value is -2.57. The van der Waals surface area contributed by atoms with Crippen molar-refractivity contribution in [1.82, 2.24) is 10.2 Å². The van der Waals surface area contributed by atoms with Crippen LogP contribution in [0.3, 0.4) is 0 Å². The molecule has 1 rings (SSSR count). The summed E-state index contributed by atoms with van der Waals surface area (Å²) in [5.74, 6) is -1.20. The lowest BCUT2D eigenvalue weighted by Gasteiger charge is -2.16. The quantitative estimate of drug-likeness (QED) is 0.699. The van der Waals surface area contributed by atoms with E-state index in [2.05, 4.69) is 5.32 Å². The zero-order valence-electron chi connectivity index (χ0n) is 11.1. The topological polar surface area (TPSA) is 113 Å². The third kappa shape index (κ3) is 4.97. The summed E-state index contributed by atoms with van der Waals surface area (Å²) in [5.41, 5.74) is 6.23. The van der Waals surface area contributed by atoms with Crippen LogP contribution < -0.4 is 11.1 Å². The Balaban J connectivity index is 2.60. The molecular weight excluding hydrogens is 262 g/mol. The zero-order valence-corrected chi connectivity index (χ0v) is 11.1. The molecule has 0 bridgehead atoms. The first-order valence-corrected chi connectivity index (χ1v) is 5.99. The maximum Gasteiger partial charge on any atom is 0.312 e. The van der Waals surface area contributed by atoms with E-state index < -0.39 is 12.0 Å². The first-order chi connectivity index (χ1) is 9.40. The summed E-state index contributed by atoms with van der Waals surface area (Å²) in [6.45, 7) is 0.442. The van der Waals surface area contributed by atoms with Crippen molar-refractivity contribution in [2.24, 2.45) is 5.73 Å². The van der Waals surface area contributed by atoms with Gasteiger partial charge in [-0.15, -0.1) is 0 Å². The van der Waals surface area contributed by atoms with Crippen LogP contribution in [-0.2, 0) is 11.3 Å². The van der Waals surface area contributed by atoms with E-state index in [-0.39, 0.29) is 18.9 Å². The lowest BCUT2D eigenvalue weighted by Crippen LogP contribution is -2.29. The number of carbonyl (C=O) groups excluding carboxylic acids is 2. The minimum Gasteiger partial charge on any atom is -0.481 e. The largest absolute Gasteiger partial charge is 0.481 e. The number of primary amides is 1. The summed E-state index contributed by atoms with van der Waals surface area (Å²) in [6, 6.07) is 6.04. The predicted molar refractivity (Wildman–Crippen MR) is 72.1 cm³/mol. The van der Waals surface area contributed by atoms with Gasteiger partial charge in [-0.05, 0) is 17.7 Å². The number of carboxylic acids is 1. The molecule has 0 atom stereocenters. The molecule has 0 aliphatic rings. The maximum atomic E-state index is 12.0. The lowest BCUT2D eigenvalue weighted by atomic mass is 10.1. The Labute approximate surface area is 116 Å². The van der Waals surface area contributed by atoms with Crippen LogP contribution in [0.4, 0.5) is 4.79 Å². The molecule has 1 aromatic carbocycles. The van der Waals surface area contributed by atoms with Crippen LogP contribution in [0.1, 0.15) is 22.3 Å². The van der Waals surface area contributed by atoms with E-state index in [0.717, 1.165) is 5.56 Å². The van der Waals surface area contributed by atoms with Gasteiger partial charge in [0.15, 0.2) is 0 Å². The van der Waals surface area contributed by atoms with Gasteiger partial charge in [0.2, 0.25) is 0 Å². The van der Waals surface area contributed by atoms with E-state index in [1.807, 2.05) is 0 Å². The van der Waals surface area contributed by atoms with Crippen molar-refractivity contribution < 1.29 is 19.5 Å². The second-order valence-corrected chi connectivity index (χ2v) is 4.29. The molecular formula is C13H17N3O4. The molecule has 0 saturated carbocycles. The molecule has 3 amide bonds. The number of hydrogen-bond acceptors (Lipinski definition) is 3. The van der Waals surface area contributed by atoms with Crippen LogP contribution in [-0.4, -0.2) is 41.5 Å². The Morgan fingerprint density at radius 1 is 1.25 bits per heavy atom. The van der Waals surface area contributed by atoms with Crippen molar-refractivity contribution in [3.8, 4) is 0 Å². The van der Waals surface area contributed by atoms with Gasteiger partial charge in [-0.2, -0.15) is 0 Å². The molecule has 0 aliphatic heterocycles. The second kappa shape index (κ2) is 7.13. The monoisotopic (exact) mass is 279 g/mol. The number of aliphatic carboxylic acids is 1. The molecule has 0 aliphatic carbocycles. The van der Waals surface area contributed by atoms with Crippen molar-refractivity contribution >= 4 is 17.9 Å². The van der Waals surface area contributed by atoms with E-state index in [0.29, 0.717) is 12.1 Å². The van der Waals surface area contributed by atoms with Crippen LogP contribution >= 0.6 is 0 Å². The van der Waals surface area contributed by atoms with Gasteiger partial charge in [0.25, 0.3) is 5.91 Å². The van der Waals surface area contributed by atoms with Gasteiger partial charge in [-0.25, -0.2) is 4.79 Å². The summed E-state index contributed by atoms with van der Waals surface area (Å²) in [5, 5.41) is 11.0. The normalized spacial score (nSPS) is 9.85. The van der Waals surface area contributed by atoms with Crippen molar-refractivity contribution in [3.05, 3.63) is 35.4 Å². The fourth-order valence-electron chi connectivity index (χ4n) is 1.54. The van der Waals surface area contributed by atoms with Crippen molar-refractivity contribution in [2.75, 3.05) is 13.6 Å². The number of nitrogens with one attached hydrogen (secondary N) is 1. The van der Waals surface area contributed by atoms with Gasteiger partial charge in [0.05, 0.1) is 6.42 Å². The molecule has 0 spiro atoms. The SMILES string of the molecule is CN(CCC(=O)O)C(=O)c1ccc(CNC(N)=O)cc1. The van der Waals surface area contributed by atoms with E-state index in [9.17, 15) is 14.4 Å². The maximum absolute atomic E-state index is 12.0. The van der Waals surface area contributed by atoms with Crippen LogP contribution in [0.5, 0.6) is 0 Å². The van der Waals surface area contributed by atoms with Crippen LogP contribution in [0.15, 0.2) is 24.3 Å². The molecule has 4 N–H and O–H groups in total. The van der Waals surface area contributed by atoms with Crippen LogP contribution in [0, 0.1) is 0 Å². The highest BCUT2D eigenvalue weighted by Crippen LogP contribution is 2.07. The van der Waals surface area contributed by atoms with E-state index in [1.54, 1.807) is 31.3 Å². The van der Waals surface area contributed by atoms with E-state index >= 15 is 0 Å². The third-order valence-electron chi connectivity index (χ3n) is 2.68. The first-order valence-electron chi connectivity index (χ1n) is 5.99. The van der Waals surface area contributed by atoms with Crippen molar-refractivity contribution in [2.45, 2.75) is 13.0 Å². The summed E-state index contributed by atoms with van der Waals surface area (Å²) < 4.78 is 0. The molecule has 0 radical (unpaired) electrons. The van der Waals surface area contributed by atoms with E-state index in [1.165, 1.54) is 4.90 Å². The molecule has 1 aromatic rings. The standard InChI is InChI=1S/C13H17N3O4/c1-16(7-6-11(17)18)12(19)10-4-2-9(3-5-10)8-15-13(14)20/h2-5H,6-8H2,1H3,(H,17,18)(H3,14,15,20). The molecule has 7 nitrogen and oxygen atoms in total. The highest BCUT2D eigenvalue weighted by molar-refractivity contribution is 5.94. The van der Waals surface area contributed by atoms with E-state index in [4.69, 9.17) is 10.8 Å². The fraction of sp³-hybridized carbons (Fsp3) is 0.308. The van der Waals surface area contributed by atoms with Gasteiger partial charge in [0.1, 0.15) is 0 Å². The van der Waals surface area contributed by atoms with Gasteiger partial charge in [-0.3, -0.25) is 9.59 Å². The van der Waals surface area contributed by atoms with Crippen LogP contribution in [0.25, 0.3) is 0 Å². The highest BCUT2D eigenvalue weighted by atomic mass is 16.4. The number of carbonyl (C=O) groups is 3. The van der Waals surface area contributed by atoms with Crippen molar-refractivity contribution in [1.29, 1.82) is 0 Å². The summed E-state index contributed by atoms with van der Waals surface area (Å²) in [4.78, 5) is 34.3. The average Bonchev–Trinajstić information content (AvgIpc) is 2.42. The van der Waals surface area contributed by atoms with Crippen molar-refractivity contribution in [3.63, 3.8) is 0 Å². The number of nitrogens with zero attached hydrogens (tertiary/aromatic N) is 1. The average molecular weight is 279 g/mol. The minimum atomic E-state index is -0.947. The van der Waals surface area contributed by atoms with Gasteiger partial charge >= 0.3 is 12.0 Å². The minimum absolute atomic E-state index is 0.0944. The number of amides is 3. The number of hydrogen-bond donors (Lipinski definition) is 3. The number of rotatable bonds is 6. The zero-order chi connectivity index (χ0) is 15.1. The molecule has 0 heterocycles. The molecule has 7 heteroatoms. The summed E-state index contributed by atoms with van der Waals surface area (Å²) in [6.07, 6.45) is -0.0944. The number of carboxylic acid groups (broad SMARTS) is 1. The second-order valence-electron chi connectivity index (χ2n) is 4.29. The fourth-order valence-corrected chi connectivity index (χ4v) is 1.54. The van der Waals surface area contributed by atoms with Crippen LogP contribution in [0.2, 0.25) is 0 Å². The number of urea groups is 1. The van der Waals surface area contributed by atoms with Gasteiger partial charge in [0, 0.05) is 25.7 Å². The number of nitrogens with two attached hydrogens (primary N) is 1. The Morgan fingerprint density at radius 2 is 1.85 bits per heavy atom. The molecule has 0 aromatic heterocycles. The third-order valence-corrected chi connectivity index (χ3v) is 2.68. The molecule has 0 fully saturated rings. The first kappa shape index (κ1) is 15.5. The molecule has 108 valence electrons.